The molecule has 0 saturated carbocycles. The van der Waals surface area contributed by atoms with Crippen LogP contribution < -0.4 is 14.8 Å². The molecule has 0 aliphatic carbocycles. The molecule has 2 aliphatic rings. The van der Waals surface area contributed by atoms with E-state index in [-0.39, 0.29) is 19.8 Å². The molecule has 1 aromatic carbocycles. The van der Waals surface area contributed by atoms with Crippen molar-refractivity contribution in [3.8, 4) is 11.5 Å². The van der Waals surface area contributed by atoms with Crippen LogP contribution in [0.5, 0.6) is 11.5 Å². The Morgan fingerprint density at radius 3 is 2.65 bits per heavy atom. The van der Waals surface area contributed by atoms with Crippen molar-refractivity contribution >= 4 is 11.7 Å². The van der Waals surface area contributed by atoms with E-state index >= 15 is 0 Å². The maximum atomic E-state index is 13.1. The monoisotopic (exact) mass is 330 g/mol. The highest BCUT2D eigenvalue weighted by Gasteiger charge is 2.56. The largest absolute Gasteiger partial charge is 0.454 e. The Balaban J connectivity index is 1.74. The molecule has 0 aromatic heterocycles. The molecular weight excluding hydrogens is 313 g/mol. The van der Waals surface area contributed by atoms with E-state index in [0.29, 0.717) is 17.2 Å². The fourth-order valence-corrected chi connectivity index (χ4v) is 3.18. The number of halogens is 3. The normalized spacial score (nSPS) is 22.3. The minimum absolute atomic E-state index is 0.0631. The fourth-order valence-electron chi connectivity index (χ4n) is 3.18. The number of anilines is 1. The molecule has 1 atom stereocenters. The van der Waals surface area contributed by atoms with E-state index in [0.717, 1.165) is 0 Å². The molecule has 1 saturated heterocycles. The molecule has 1 aromatic rings. The van der Waals surface area contributed by atoms with Gasteiger partial charge in [0.05, 0.1) is 11.5 Å². The molecule has 23 heavy (non-hydrogen) atoms. The third-order valence-electron chi connectivity index (χ3n) is 4.45. The number of nitrogens with zero attached hydrogens (tertiary/aromatic N) is 1. The summed E-state index contributed by atoms with van der Waals surface area (Å²) in [4.78, 5) is 13.6. The third kappa shape index (κ3) is 2.77. The van der Waals surface area contributed by atoms with Crippen LogP contribution in [0.4, 0.5) is 23.7 Å². The van der Waals surface area contributed by atoms with Crippen LogP contribution in [0.2, 0.25) is 0 Å². The lowest BCUT2D eigenvalue weighted by molar-refractivity contribution is -0.189. The summed E-state index contributed by atoms with van der Waals surface area (Å²) in [6.45, 7) is 3.06. The van der Waals surface area contributed by atoms with Crippen LogP contribution in [0.3, 0.4) is 0 Å². The van der Waals surface area contributed by atoms with Crippen molar-refractivity contribution in [1.82, 2.24) is 4.90 Å². The highest BCUT2D eigenvalue weighted by atomic mass is 19.4. The molecule has 3 rings (SSSR count). The predicted octanol–water partition coefficient (Wildman–Crippen LogP) is 3.61. The Kier molecular flexibility index (Phi) is 3.57. The SMILES string of the molecule is CC1(C)[C@H](C(F)(F)F)CCN1C(=O)Nc1ccc2c(c1)OCO2. The van der Waals surface area contributed by atoms with Gasteiger partial charge in [-0.3, -0.25) is 0 Å². The van der Waals surface area contributed by atoms with Crippen molar-refractivity contribution < 1.29 is 27.4 Å². The number of nitrogens with one attached hydrogen (secondary N) is 1. The average molecular weight is 330 g/mol. The zero-order valence-corrected chi connectivity index (χ0v) is 12.7. The van der Waals surface area contributed by atoms with Gasteiger partial charge in [0.15, 0.2) is 11.5 Å². The van der Waals surface area contributed by atoms with Gasteiger partial charge in [0, 0.05) is 18.3 Å². The number of fused-ring (bicyclic) bond motifs is 1. The summed E-state index contributed by atoms with van der Waals surface area (Å²) in [6.07, 6.45) is -4.41. The number of carbonyl (C=O) groups excluding carboxylic acids is 1. The number of likely N-dealkylation sites (tertiary alicyclic amines) is 1. The quantitative estimate of drug-likeness (QED) is 0.856. The molecule has 1 fully saturated rings. The number of hydrogen-bond donors (Lipinski definition) is 1. The van der Waals surface area contributed by atoms with Gasteiger partial charge in [-0.05, 0) is 32.4 Å². The summed E-state index contributed by atoms with van der Waals surface area (Å²) in [5.41, 5.74) is -0.843. The predicted molar refractivity (Wildman–Crippen MR) is 76.5 cm³/mol. The number of rotatable bonds is 1. The lowest BCUT2D eigenvalue weighted by atomic mass is 9.88. The van der Waals surface area contributed by atoms with Crippen molar-refractivity contribution in [3.05, 3.63) is 18.2 Å². The number of hydrogen-bond acceptors (Lipinski definition) is 3. The first-order valence-corrected chi connectivity index (χ1v) is 7.24. The van der Waals surface area contributed by atoms with Crippen LogP contribution in [-0.4, -0.2) is 36.0 Å². The molecule has 0 radical (unpaired) electrons. The van der Waals surface area contributed by atoms with Crippen LogP contribution in [0.15, 0.2) is 18.2 Å². The molecule has 5 nitrogen and oxygen atoms in total. The topological polar surface area (TPSA) is 50.8 Å². The minimum Gasteiger partial charge on any atom is -0.454 e. The molecule has 1 N–H and O–H groups in total. The van der Waals surface area contributed by atoms with Gasteiger partial charge in [0.2, 0.25) is 6.79 Å². The maximum Gasteiger partial charge on any atom is 0.394 e. The Bertz CT molecular complexity index is 631. The van der Waals surface area contributed by atoms with Gasteiger partial charge in [-0.2, -0.15) is 13.2 Å². The van der Waals surface area contributed by atoms with Gasteiger partial charge >= 0.3 is 12.2 Å². The van der Waals surface area contributed by atoms with Crippen molar-refractivity contribution in [3.63, 3.8) is 0 Å². The molecule has 8 heteroatoms. The average Bonchev–Trinajstić information content (AvgIpc) is 3.00. The Morgan fingerprint density at radius 2 is 2.00 bits per heavy atom. The Morgan fingerprint density at radius 1 is 1.30 bits per heavy atom. The van der Waals surface area contributed by atoms with Gasteiger partial charge < -0.3 is 19.7 Å². The van der Waals surface area contributed by atoms with Gasteiger partial charge in [0.1, 0.15) is 0 Å². The van der Waals surface area contributed by atoms with Crippen LogP contribution in [0.1, 0.15) is 20.3 Å². The van der Waals surface area contributed by atoms with E-state index in [4.69, 9.17) is 9.47 Å². The standard InChI is InChI=1S/C15H17F3N2O3/c1-14(2)12(15(16,17)18)5-6-20(14)13(21)19-9-3-4-10-11(7-9)23-8-22-10/h3-4,7,12H,5-6,8H2,1-2H3,(H,19,21)/t12-/m1/s1. The van der Waals surface area contributed by atoms with Crippen molar-refractivity contribution in [1.29, 1.82) is 0 Å². The highest BCUT2D eigenvalue weighted by molar-refractivity contribution is 5.90. The van der Waals surface area contributed by atoms with Crippen LogP contribution in [0.25, 0.3) is 0 Å². The number of amides is 2. The second kappa shape index (κ2) is 5.21. The first-order chi connectivity index (χ1) is 10.7. The van der Waals surface area contributed by atoms with Crippen LogP contribution in [0, 0.1) is 5.92 Å². The smallest absolute Gasteiger partial charge is 0.394 e. The molecular formula is C15H17F3N2O3. The summed E-state index contributed by atoms with van der Waals surface area (Å²) in [5.74, 6) is -0.462. The number of carbonyl (C=O) groups is 1. The lowest BCUT2D eigenvalue weighted by Crippen LogP contribution is -2.51. The number of alkyl halides is 3. The van der Waals surface area contributed by atoms with E-state index in [1.807, 2.05) is 0 Å². The van der Waals surface area contributed by atoms with Crippen molar-refractivity contribution in [2.75, 3.05) is 18.7 Å². The van der Waals surface area contributed by atoms with Gasteiger partial charge in [-0.1, -0.05) is 0 Å². The van der Waals surface area contributed by atoms with Crippen molar-refractivity contribution in [2.24, 2.45) is 5.92 Å². The van der Waals surface area contributed by atoms with Gasteiger partial charge in [0.25, 0.3) is 0 Å². The Labute approximate surface area is 131 Å². The van der Waals surface area contributed by atoms with Crippen LogP contribution >= 0.6 is 0 Å². The van der Waals surface area contributed by atoms with E-state index < -0.39 is 23.7 Å². The molecule has 0 unspecified atom stereocenters. The third-order valence-corrected chi connectivity index (χ3v) is 4.45. The van der Waals surface area contributed by atoms with E-state index in [9.17, 15) is 18.0 Å². The Hall–Kier alpha value is -2.12. The number of ether oxygens (including phenoxy) is 2. The molecule has 126 valence electrons. The minimum atomic E-state index is -4.32. The zero-order chi connectivity index (χ0) is 16.8. The fraction of sp³-hybridized carbons (Fsp3) is 0.533. The second-order valence-electron chi connectivity index (χ2n) is 6.19. The number of urea groups is 1. The summed E-state index contributed by atoms with van der Waals surface area (Å²) in [7, 11) is 0. The first kappa shape index (κ1) is 15.8. The molecule has 2 amide bonds. The second-order valence-corrected chi connectivity index (χ2v) is 6.19. The molecule has 0 bridgehead atoms. The van der Waals surface area contributed by atoms with E-state index in [2.05, 4.69) is 5.32 Å². The summed E-state index contributed by atoms with van der Waals surface area (Å²) >= 11 is 0. The molecule has 2 heterocycles. The lowest BCUT2D eigenvalue weighted by Gasteiger charge is -2.36. The van der Waals surface area contributed by atoms with Gasteiger partial charge in [-0.25, -0.2) is 4.79 Å². The van der Waals surface area contributed by atoms with Crippen LogP contribution in [-0.2, 0) is 0 Å². The zero-order valence-electron chi connectivity index (χ0n) is 12.7. The summed E-state index contributed by atoms with van der Waals surface area (Å²) in [5, 5.41) is 2.63. The van der Waals surface area contributed by atoms with E-state index in [1.165, 1.54) is 18.7 Å². The molecule has 0 spiro atoms. The van der Waals surface area contributed by atoms with Gasteiger partial charge in [-0.15, -0.1) is 0 Å². The highest BCUT2D eigenvalue weighted by Crippen LogP contribution is 2.45. The summed E-state index contributed by atoms with van der Waals surface area (Å²) < 4.78 is 49.6. The molecule has 2 aliphatic heterocycles. The maximum absolute atomic E-state index is 13.1. The number of benzene rings is 1. The van der Waals surface area contributed by atoms with Crippen molar-refractivity contribution in [2.45, 2.75) is 32.0 Å². The first-order valence-electron chi connectivity index (χ1n) is 7.24. The van der Waals surface area contributed by atoms with E-state index in [1.54, 1.807) is 18.2 Å². The summed E-state index contributed by atoms with van der Waals surface area (Å²) in [6, 6.07) is 4.30.